The van der Waals surface area contributed by atoms with Crippen molar-refractivity contribution in [3.8, 4) is 0 Å². The van der Waals surface area contributed by atoms with Crippen molar-refractivity contribution in [1.29, 1.82) is 0 Å². The lowest BCUT2D eigenvalue weighted by Crippen LogP contribution is -2.32. The maximum atomic E-state index is 9.61. The average molecular weight is 143 g/mol. The Kier molecular flexibility index (Phi) is 4.03. The molecular formula is C7H13NO2. The lowest BCUT2D eigenvalue weighted by Gasteiger charge is -2.19. The third kappa shape index (κ3) is 4.32. The third-order valence-corrected chi connectivity index (χ3v) is 1.19. The van der Waals surface area contributed by atoms with Crippen molar-refractivity contribution in [2.24, 2.45) is 0 Å². The first kappa shape index (κ1) is 9.43. The van der Waals surface area contributed by atoms with Gasteiger partial charge in [0.25, 0.3) is 0 Å². The zero-order chi connectivity index (χ0) is 8.04. The van der Waals surface area contributed by atoms with Gasteiger partial charge in [-0.2, -0.15) is 0 Å². The zero-order valence-corrected chi connectivity index (χ0v) is 6.68. The highest BCUT2D eigenvalue weighted by Crippen LogP contribution is 2.11. The second-order valence-electron chi connectivity index (χ2n) is 2.83. The van der Waals surface area contributed by atoms with Crippen LogP contribution in [0.5, 0.6) is 0 Å². The number of nitrogens with zero attached hydrogens (tertiary/aromatic N) is 1. The van der Waals surface area contributed by atoms with Gasteiger partial charge in [-0.1, -0.05) is 13.3 Å². The van der Waals surface area contributed by atoms with Crippen LogP contribution >= 0.6 is 0 Å². The summed E-state index contributed by atoms with van der Waals surface area (Å²) in [4.78, 5) is 13.8. The number of hydrogen-bond acceptors (Lipinski definition) is 2. The van der Waals surface area contributed by atoms with Crippen LogP contribution in [-0.2, 0) is 9.63 Å². The molecule has 0 saturated carbocycles. The number of hydrogen-bond donors (Lipinski definition) is 0. The summed E-state index contributed by atoms with van der Waals surface area (Å²) in [6, 6.07) is 0. The Labute approximate surface area is 61.7 Å². The summed E-state index contributed by atoms with van der Waals surface area (Å²) in [5, 5.41) is 0. The van der Waals surface area contributed by atoms with E-state index in [-0.39, 0.29) is 5.54 Å². The molecule has 0 amide bonds. The van der Waals surface area contributed by atoms with E-state index in [1.165, 1.54) is 6.47 Å². The predicted octanol–water partition coefficient (Wildman–Crippen LogP) is 1.17. The van der Waals surface area contributed by atoms with Crippen LogP contribution < -0.4 is 5.48 Å². The smallest absolute Gasteiger partial charge is 0.340 e. The van der Waals surface area contributed by atoms with Crippen LogP contribution in [0.4, 0.5) is 0 Å². The van der Waals surface area contributed by atoms with Gasteiger partial charge in [-0.25, -0.2) is 4.79 Å². The molecule has 0 spiro atoms. The molecule has 0 aromatic carbocycles. The van der Waals surface area contributed by atoms with E-state index < -0.39 is 0 Å². The molecule has 0 atom stereocenters. The Morgan fingerprint density at radius 3 is 2.60 bits per heavy atom. The molecule has 0 rings (SSSR count). The highest BCUT2D eigenvalue weighted by atomic mass is 16.7. The Hall–Kier alpha value is -0.570. The molecular weight excluding hydrogens is 130 g/mol. The lowest BCUT2D eigenvalue weighted by molar-refractivity contribution is 0.0744. The molecule has 0 aromatic rings. The molecule has 0 N–H and O–H groups in total. The second-order valence-corrected chi connectivity index (χ2v) is 2.83. The van der Waals surface area contributed by atoms with Crippen molar-refractivity contribution < 1.29 is 9.63 Å². The van der Waals surface area contributed by atoms with E-state index in [2.05, 4.69) is 17.2 Å². The molecule has 0 aromatic heterocycles. The Balaban J connectivity index is 3.51. The van der Waals surface area contributed by atoms with Gasteiger partial charge in [-0.05, 0) is 25.7 Å². The van der Waals surface area contributed by atoms with E-state index in [1.54, 1.807) is 0 Å². The first-order valence-electron chi connectivity index (χ1n) is 3.38. The summed E-state index contributed by atoms with van der Waals surface area (Å²) in [6.07, 6.45) is 1.94. The Morgan fingerprint density at radius 1 is 1.60 bits per heavy atom. The van der Waals surface area contributed by atoms with Crippen LogP contribution in [0.2, 0.25) is 0 Å². The van der Waals surface area contributed by atoms with Gasteiger partial charge in [0.15, 0.2) is 0 Å². The van der Waals surface area contributed by atoms with Gasteiger partial charge in [-0.3, -0.25) is 0 Å². The largest absolute Gasteiger partial charge is 0.439 e. The number of hydroxylamine groups is 1. The second kappa shape index (κ2) is 4.28. The van der Waals surface area contributed by atoms with Crippen LogP contribution in [0.25, 0.3) is 0 Å². The highest BCUT2D eigenvalue weighted by Gasteiger charge is 2.18. The minimum atomic E-state index is -0.258. The van der Waals surface area contributed by atoms with Crippen molar-refractivity contribution in [1.82, 2.24) is 5.48 Å². The lowest BCUT2D eigenvalue weighted by atomic mass is 10.0. The minimum Gasteiger partial charge on any atom is -0.340 e. The fourth-order valence-corrected chi connectivity index (χ4v) is 0.800. The fraction of sp³-hybridized carbons (Fsp3) is 0.857. The molecule has 3 nitrogen and oxygen atoms in total. The fourth-order valence-electron chi connectivity index (χ4n) is 0.800. The minimum absolute atomic E-state index is 0.258. The molecule has 0 heterocycles. The monoisotopic (exact) mass is 143 g/mol. The van der Waals surface area contributed by atoms with Crippen LogP contribution in [-0.4, -0.2) is 12.0 Å². The molecule has 0 saturated heterocycles. The highest BCUT2D eigenvalue weighted by molar-refractivity contribution is 5.37. The van der Waals surface area contributed by atoms with E-state index in [0.717, 1.165) is 12.8 Å². The maximum Gasteiger partial charge on any atom is 0.439 e. The molecule has 0 aliphatic heterocycles. The van der Waals surface area contributed by atoms with Gasteiger partial charge in [0, 0.05) is 0 Å². The Bertz CT molecular complexity index is 102. The molecule has 0 aliphatic carbocycles. The number of rotatable bonds is 5. The van der Waals surface area contributed by atoms with E-state index in [1.807, 2.05) is 13.8 Å². The summed E-state index contributed by atoms with van der Waals surface area (Å²) in [7, 11) is 0. The SMILES string of the molecule is CCCC(C)(C)[N]O[C]=O. The van der Waals surface area contributed by atoms with E-state index in [9.17, 15) is 4.79 Å². The normalized spacial score (nSPS) is 11.1. The quantitative estimate of drug-likeness (QED) is 0.542. The van der Waals surface area contributed by atoms with Crippen molar-refractivity contribution in [3.63, 3.8) is 0 Å². The van der Waals surface area contributed by atoms with E-state index in [0.29, 0.717) is 0 Å². The van der Waals surface area contributed by atoms with Crippen LogP contribution in [0.15, 0.2) is 0 Å². The van der Waals surface area contributed by atoms with Crippen molar-refractivity contribution in [2.45, 2.75) is 39.2 Å². The van der Waals surface area contributed by atoms with Gasteiger partial charge in [0.1, 0.15) is 0 Å². The zero-order valence-electron chi connectivity index (χ0n) is 6.68. The first-order chi connectivity index (χ1) is 4.62. The van der Waals surface area contributed by atoms with Gasteiger partial charge in [-0.15, -0.1) is 0 Å². The molecule has 3 heteroatoms. The van der Waals surface area contributed by atoms with Crippen molar-refractivity contribution in [3.05, 3.63) is 0 Å². The molecule has 0 unspecified atom stereocenters. The van der Waals surface area contributed by atoms with Crippen LogP contribution in [0.3, 0.4) is 0 Å². The molecule has 0 fully saturated rings. The van der Waals surface area contributed by atoms with E-state index >= 15 is 0 Å². The van der Waals surface area contributed by atoms with Crippen LogP contribution in [0.1, 0.15) is 33.6 Å². The van der Waals surface area contributed by atoms with Gasteiger partial charge in [0.2, 0.25) is 0 Å². The van der Waals surface area contributed by atoms with Gasteiger partial charge < -0.3 is 4.84 Å². The molecule has 2 radical (unpaired) electrons. The molecule has 10 heavy (non-hydrogen) atoms. The average Bonchev–Trinajstić information content (AvgIpc) is 1.84. The summed E-state index contributed by atoms with van der Waals surface area (Å²) in [5.74, 6) is 0. The Morgan fingerprint density at radius 2 is 2.20 bits per heavy atom. The van der Waals surface area contributed by atoms with Crippen molar-refractivity contribution >= 4 is 6.47 Å². The summed E-state index contributed by atoms with van der Waals surface area (Å²) in [5.41, 5.74) is 3.38. The standard InChI is InChI=1S/C7H13NO2/c1-4-5-7(2,3)8-10-6-9/h4-5H2,1-3H3. The van der Waals surface area contributed by atoms with E-state index in [4.69, 9.17) is 0 Å². The maximum absolute atomic E-state index is 9.61. The molecule has 0 aliphatic rings. The van der Waals surface area contributed by atoms with Gasteiger partial charge in [0.05, 0.1) is 5.54 Å². The van der Waals surface area contributed by atoms with Crippen LogP contribution in [0, 0.1) is 0 Å². The van der Waals surface area contributed by atoms with Gasteiger partial charge >= 0.3 is 6.47 Å². The number of carbonyl (C=O) groups excluding carboxylic acids is 1. The summed E-state index contributed by atoms with van der Waals surface area (Å²) >= 11 is 0. The molecule has 0 bridgehead atoms. The topological polar surface area (TPSA) is 40.4 Å². The summed E-state index contributed by atoms with van der Waals surface area (Å²) < 4.78 is 0. The first-order valence-corrected chi connectivity index (χ1v) is 3.38. The third-order valence-electron chi connectivity index (χ3n) is 1.19. The molecule has 58 valence electrons. The predicted molar refractivity (Wildman–Crippen MR) is 37.9 cm³/mol. The summed E-state index contributed by atoms with van der Waals surface area (Å²) in [6.45, 7) is 7.14. The van der Waals surface area contributed by atoms with Crippen molar-refractivity contribution in [2.75, 3.05) is 0 Å².